The summed E-state index contributed by atoms with van der Waals surface area (Å²) in [5, 5.41) is 10.5. The minimum atomic E-state index is -0.255. The minimum Gasteiger partial charge on any atom is -0.367 e. The largest absolute Gasteiger partial charge is 0.367 e. The van der Waals surface area contributed by atoms with E-state index in [1.807, 2.05) is 11.8 Å². The summed E-state index contributed by atoms with van der Waals surface area (Å²) in [6.45, 7) is 2.20. The topological polar surface area (TPSA) is 75.1 Å². The van der Waals surface area contributed by atoms with E-state index in [2.05, 4.69) is 27.4 Å². The molecule has 0 bridgehead atoms. The number of hydrogen-bond acceptors (Lipinski definition) is 5. The Morgan fingerprint density at radius 1 is 1.58 bits per heavy atom. The molecule has 0 aliphatic heterocycles. The van der Waals surface area contributed by atoms with E-state index in [0.29, 0.717) is 11.7 Å². The Balaban J connectivity index is 1.70. The van der Waals surface area contributed by atoms with Gasteiger partial charge >= 0.3 is 5.69 Å². The van der Waals surface area contributed by atoms with Gasteiger partial charge in [0.25, 0.3) is 0 Å². The average Bonchev–Trinajstić information content (AvgIpc) is 2.98. The minimum absolute atomic E-state index is 0.255. The van der Waals surface area contributed by atoms with E-state index in [1.165, 1.54) is 35.7 Å². The van der Waals surface area contributed by atoms with Crippen molar-refractivity contribution in [2.75, 3.05) is 11.1 Å². The highest BCUT2D eigenvalue weighted by Crippen LogP contribution is 2.31. The first-order chi connectivity index (χ1) is 9.26. The summed E-state index contributed by atoms with van der Waals surface area (Å²) in [5.74, 6) is 1.97. The first-order valence-electron chi connectivity index (χ1n) is 6.57. The van der Waals surface area contributed by atoms with Crippen molar-refractivity contribution in [3.8, 4) is 0 Å². The molecule has 3 rings (SSSR count). The van der Waals surface area contributed by atoms with E-state index in [1.54, 1.807) is 6.07 Å². The van der Waals surface area contributed by atoms with Gasteiger partial charge in [0.1, 0.15) is 12.1 Å². The van der Waals surface area contributed by atoms with Crippen molar-refractivity contribution in [2.45, 2.75) is 37.5 Å². The molecule has 1 aliphatic carbocycles. The van der Waals surface area contributed by atoms with Crippen molar-refractivity contribution in [2.24, 2.45) is 0 Å². The van der Waals surface area contributed by atoms with Gasteiger partial charge in [0.2, 0.25) is 0 Å². The molecule has 2 aromatic rings. The van der Waals surface area contributed by atoms with Crippen LogP contribution < -0.4 is 11.0 Å². The molecule has 0 aromatic carbocycles. The SMILES string of the molecule is CCSC1CCC(Nc2cc3n[nH]c(=O)n3cn2)C1. The molecule has 2 aromatic heterocycles. The van der Waals surface area contributed by atoms with Crippen LogP contribution in [0.5, 0.6) is 0 Å². The van der Waals surface area contributed by atoms with Gasteiger partial charge < -0.3 is 5.32 Å². The second kappa shape index (κ2) is 5.24. The Hall–Kier alpha value is -1.50. The smallest absolute Gasteiger partial charge is 0.348 e. The maximum Gasteiger partial charge on any atom is 0.348 e. The lowest BCUT2D eigenvalue weighted by Gasteiger charge is -2.13. The molecule has 19 heavy (non-hydrogen) atoms. The summed E-state index contributed by atoms with van der Waals surface area (Å²) >= 11 is 2.04. The molecule has 2 N–H and O–H groups in total. The monoisotopic (exact) mass is 279 g/mol. The second-order valence-electron chi connectivity index (χ2n) is 4.76. The quantitative estimate of drug-likeness (QED) is 0.887. The third-order valence-electron chi connectivity index (χ3n) is 3.45. The van der Waals surface area contributed by atoms with Gasteiger partial charge in [0, 0.05) is 17.4 Å². The van der Waals surface area contributed by atoms with Crippen molar-refractivity contribution >= 4 is 23.2 Å². The summed E-state index contributed by atoms with van der Waals surface area (Å²) in [5.41, 5.74) is 0.342. The maximum atomic E-state index is 11.3. The van der Waals surface area contributed by atoms with Gasteiger partial charge in [-0.1, -0.05) is 6.92 Å². The van der Waals surface area contributed by atoms with Crippen LogP contribution in [0.1, 0.15) is 26.2 Å². The van der Waals surface area contributed by atoms with Crippen LogP contribution in [0, 0.1) is 0 Å². The van der Waals surface area contributed by atoms with Crippen molar-refractivity contribution < 1.29 is 0 Å². The second-order valence-corrected chi connectivity index (χ2v) is 6.34. The summed E-state index contributed by atoms with van der Waals surface area (Å²) in [6, 6.07) is 2.28. The Bertz CT molecular complexity index is 622. The molecule has 0 radical (unpaired) electrons. The first-order valence-corrected chi connectivity index (χ1v) is 7.62. The fourth-order valence-electron chi connectivity index (χ4n) is 2.56. The van der Waals surface area contributed by atoms with Gasteiger partial charge in [-0.2, -0.15) is 16.9 Å². The summed E-state index contributed by atoms with van der Waals surface area (Å²) in [4.78, 5) is 15.6. The van der Waals surface area contributed by atoms with Crippen LogP contribution >= 0.6 is 11.8 Å². The predicted octanol–water partition coefficient (Wildman–Crippen LogP) is 1.50. The molecule has 2 atom stereocenters. The van der Waals surface area contributed by atoms with Crippen LogP contribution in [0.4, 0.5) is 5.82 Å². The molecule has 2 unspecified atom stereocenters. The fraction of sp³-hybridized carbons (Fsp3) is 0.583. The van der Waals surface area contributed by atoms with Crippen LogP contribution in [0.2, 0.25) is 0 Å². The van der Waals surface area contributed by atoms with Crippen LogP contribution in [-0.2, 0) is 0 Å². The number of aromatic nitrogens is 4. The summed E-state index contributed by atoms with van der Waals surface area (Å²) < 4.78 is 1.40. The third kappa shape index (κ3) is 2.60. The number of aromatic amines is 1. The van der Waals surface area contributed by atoms with E-state index in [9.17, 15) is 4.79 Å². The standard InChI is InChI=1S/C12H17N5OS/c1-2-19-9-4-3-8(5-9)14-10-6-11-15-16-12(18)17(11)7-13-10/h6-9,14H,2-5H2,1H3,(H,16,18). The number of H-pyrrole nitrogens is 1. The number of nitrogens with zero attached hydrogens (tertiary/aromatic N) is 3. The highest BCUT2D eigenvalue weighted by molar-refractivity contribution is 7.99. The van der Waals surface area contributed by atoms with Gasteiger partial charge in [-0.3, -0.25) is 0 Å². The maximum absolute atomic E-state index is 11.3. The molecule has 1 aliphatic rings. The number of hydrogen-bond donors (Lipinski definition) is 2. The zero-order valence-electron chi connectivity index (χ0n) is 10.8. The zero-order chi connectivity index (χ0) is 13.2. The average molecular weight is 279 g/mol. The molecular weight excluding hydrogens is 262 g/mol. The number of rotatable bonds is 4. The van der Waals surface area contributed by atoms with Crippen LogP contribution in [0.15, 0.2) is 17.2 Å². The zero-order valence-corrected chi connectivity index (χ0v) is 11.6. The lowest BCUT2D eigenvalue weighted by molar-refractivity contribution is 0.751. The Morgan fingerprint density at radius 2 is 2.47 bits per heavy atom. The molecule has 1 saturated carbocycles. The van der Waals surface area contributed by atoms with E-state index in [0.717, 1.165) is 11.1 Å². The van der Waals surface area contributed by atoms with Gasteiger partial charge in [-0.25, -0.2) is 19.3 Å². The molecule has 0 saturated heterocycles. The lowest BCUT2D eigenvalue weighted by atomic mass is 10.2. The normalized spacial score (nSPS) is 23.0. The first kappa shape index (κ1) is 12.5. The van der Waals surface area contributed by atoms with E-state index in [4.69, 9.17) is 0 Å². The molecule has 2 heterocycles. The van der Waals surface area contributed by atoms with Gasteiger partial charge in [-0.05, 0) is 25.0 Å². The molecule has 7 heteroatoms. The molecule has 102 valence electrons. The van der Waals surface area contributed by atoms with Crippen molar-refractivity contribution in [1.82, 2.24) is 19.6 Å². The Kier molecular flexibility index (Phi) is 3.46. The van der Waals surface area contributed by atoms with Crippen molar-refractivity contribution in [3.05, 3.63) is 22.9 Å². The summed E-state index contributed by atoms with van der Waals surface area (Å²) in [6.07, 6.45) is 5.13. The van der Waals surface area contributed by atoms with Crippen LogP contribution in [-0.4, -0.2) is 36.6 Å². The number of fused-ring (bicyclic) bond motifs is 1. The lowest BCUT2D eigenvalue weighted by Crippen LogP contribution is -2.17. The molecule has 0 spiro atoms. The van der Waals surface area contributed by atoms with Crippen LogP contribution in [0.3, 0.4) is 0 Å². The number of nitrogens with one attached hydrogen (secondary N) is 2. The van der Waals surface area contributed by atoms with E-state index >= 15 is 0 Å². The van der Waals surface area contributed by atoms with Crippen molar-refractivity contribution in [3.63, 3.8) is 0 Å². The molecule has 6 nitrogen and oxygen atoms in total. The molecule has 0 amide bonds. The highest BCUT2D eigenvalue weighted by atomic mass is 32.2. The van der Waals surface area contributed by atoms with Crippen molar-refractivity contribution in [1.29, 1.82) is 0 Å². The number of thioether (sulfide) groups is 1. The number of anilines is 1. The summed E-state index contributed by atoms with van der Waals surface area (Å²) in [7, 11) is 0. The van der Waals surface area contributed by atoms with Gasteiger partial charge in [0.05, 0.1) is 0 Å². The molecular formula is C12H17N5OS. The van der Waals surface area contributed by atoms with E-state index in [-0.39, 0.29) is 5.69 Å². The molecule has 1 fully saturated rings. The highest BCUT2D eigenvalue weighted by Gasteiger charge is 2.24. The Morgan fingerprint density at radius 3 is 3.32 bits per heavy atom. The van der Waals surface area contributed by atoms with Gasteiger partial charge in [0.15, 0.2) is 5.65 Å². The third-order valence-corrected chi connectivity index (χ3v) is 4.68. The fourth-order valence-corrected chi connectivity index (χ4v) is 3.70. The van der Waals surface area contributed by atoms with Crippen LogP contribution in [0.25, 0.3) is 5.65 Å². The van der Waals surface area contributed by atoms with E-state index < -0.39 is 0 Å². The predicted molar refractivity (Wildman–Crippen MR) is 76.8 cm³/mol. The van der Waals surface area contributed by atoms with Gasteiger partial charge in [-0.15, -0.1) is 0 Å². The Labute approximate surface area is 115 Å².